The predicted molar refractivity (Wildman–Crippen MR) is 158 cm³/mol. The van der Waals surface area contributed by atoms with E-state index in [1.807, 2.05) is 61.7 Å². The van der Waals surface area contributed by atoms with E-state index in [1.165, 1.54) is 7.11 Å². The van der Waals surface area contributed by atoms with E-state index < -0.39 is 5.97 Å². The van der Waals surface area contributed by atoms with Gasteiger partial charge < -0.3 is 14.0 Å². The van der Waals surface area contributed by atoms with Crippen molar-refractivity contribution >= 4 is 29.5 Å². The van der Waals surface area contributed by atoms with E-state index in [9.17, 15) is 4.79 Å². The fraction of sp³-hybridized carbons (Fsp3) is 0.0909. The molecule has 0 atom stereocenters. The molecule has 5 nitrogen and oxygen atoms in total. The summed E-state index contributed by atoms with van der Waals surface area (Å²) in [4.78, 5) is 16.9. The third-order valence-corrected chi connectivity index (χ3v) is 6.59. The molecule has 0 radical (unpaired) electrons. The second kappa shape index (κ2) is 11.8. The Kier molecular flexibility index (Phi) is 7.90. The maximum absolute atomic E-state index is 12.2. The third-order valence-electron chi connectivity index (χ3n) is 6.26. The summed E-state index contributed by atoms with van der Waals surface area (Å²) in [5.41, 5.74) is 6.90. The fourth-order valence-electron chi connectivity index (χ4n) is 4.47. The number of rotatable bonds is 8. The number of aliphatic imine (C=N–C) groups is 1. The SMILES string of the molecule is CCOc1ccc(-n2c(-c3ccccc3)cc(C=Nc3ccc(Cl)c(C(=O)OC)c3)c2-c2ccccc2)cc1. The lowest BCUT2D eigenvalue weighted by Crippen LogP contribution is -2.01. The maximum atomic E-state index is 12.2. The number of halogens is 1. The van der Waals surface area contributed by atoms with Crippen LogP contribution >= 0.6 is 11.6 Å². The van der Waals surface area contributed by atoms with Gasteiger partial charge in [-0.2, -0.15) is 0 Å². The van der Waals surface area contributed by atoms with Crippen LogP contribution in [-0.4, -0.2) is 30.5 Å². The molecule has 0 unspecified atom stereocenters. The number of ether oxygens (including phenoxy) is 2. The Labute approximate surface area is 232 Å². The largest absolute Gasteiger partial charge is 0.494 e. The van der Waals surface area contributed by atoms with Gasteiger partial charge in [-0.15, -0.1) is 0 Å². The minimum atomic E-state index is -0.505. The number of hydrogen-bond acceptors (Lipinski definition) is 4. The minimum absolute atomic E-state index is 0.272. The number of nitrogens with zero attached hydrogens (tertiary/aromatic N) is 2. The normalized spacial score (nSPS) is 11.1. The Bertz CT molecular complexity index is 1610. The van der Waals surface area contributed by atoms with Crippen LogP contribution < -0.4 is 4.74 Å². The zero-order valence-corrected chi connectivity index (χ0v) is 22.4. The molecule has 0 amide bonds. The van der Waals surface area contributed by atoms with Gasteiger partial charge in [0, 0.05) is 17.5 Å². The van der Waals surface area contributed by atoms with Gasteiger partial charge in [0.15, 0.2) is 0 Å². The number of methoxy groups -OCH3 is 1. The van der Waals surface area contributed by atoms with Crippen LogP contribution in [0.25, 0.3) is 28.2 Å². The van der Waals surface area contributed by atoms with Gasteiger partial charge in [-0.3, -0.25) is 4.99 Å². The molecule has 0 saturated carbocycles. The van der Waals surface area contributed by atoms with Crippen molar-refractivity contribution in [3.63, 3.8) is 0 Å². The highest BCUT2D eigenvalue weighted by Crippen LogP contribution is 2.36. The monoisotopic (exact) mass is 534 g/mol. The molecule has 0 spiro atoms. The number of benzene rings is 4. The summed E-state index contributed by atoms with van der Waals surface area (Å²) in [5, 5.41) is 0.318. The zero-order chi connectivity index (χ0) is 27.2. The Morgan fingerprint density at radius 3 is 2.18 bits per heavy atom. The van der Waals surface area contributed by atoms with Gasteiger partial charge in [0.25, 0.3) is 0 Å². The van der Waals surface area contributed by atoms with E-state index in [2.05, 4.69) is 47.0 Å². The first kappa shape index (κ1) is 26.0. The van der Waals surface area contributed by atoms with Crippen molar-refractivity contribution in [2.24, 2.45) is 4.99 Å². The van der Waals surface area contributed by atoms with E-state index in [-0.39, 0.29) is 5.56 Å². The maximum Gasteiger partial charge on any atom is 0.339 e. The highest BCUT2D eigenvalue weighted by molar-refractivity contribution is 6.33. The van der Waals surface area contributed by atoms with Gasteiger partial charge in [-0.1, -0.05) is 72.3 Å². The molecule has 0 N–H and O–H groups in total. The standard InChI is InChI=1S/C33H27ClN2O3/c1-3-39-28-17-15-27(16-18-28)36-31(23-10-6-4-7-11-23)20-25(32(36)24-12-8-5-9-13-24)22-35-26-14-19-30(34)29(21-26)33(37)38-2/h4-22H,3H2,1-2H3. The van der Waals surface area contributed by atoms with E-state index in [0.29, 0.717) is 17.3 Å². The lowest BCUT2D eigenvalue weighted by atomic mass is 10.1. The Morgan fingerprint density at radius 2 is 1.54 bits per heavy atom. The van der Waals surface area contributed by atoms with Gasteiger partial charge in [-0.25, -0.2) is 4.79 Å². The first-order valence-electron chi connectivity index (χ1n) is 12.6. The molecule has 5 aromatic rings. The first-order chi connectivity index (χ1) is 19.1. The summed E-state index contributed by atoms with van der Waals surface area (Å²) in [7, 11) is 1.33. The van der Waals surface area contributed by atoms with Crippen LogP contribution in [0.15, 0.2) is 114 Å². The molecule has 4 aromatic carbocycles. The molecule has 39 heavy (non-hydrogen) atoms. The number of carbonyl (C=O) groups excluding carboxylic acids is 1. The highest BCUT2D eigenvalue weighted by Gasteiger charge is 2.19. The number of hydrogen-bond donors (Lipinski definition) is 0. The van der Waals surface area contributed by atoms with Crippen LogP contribution in [0.5, 0.6) is 5.75 Å². The average molecular weight is 535 g/mol. The Hall–Kier alpha value is -4.61. The molecule has 5 rings (SSSR count). The molecule has 0 fully saturated rings. The minimum Gasteiger partial charge on any atom is -0.494 e. The molecular formula is C33H27ClN2O3. The van der Waals surface area contributed by atoms with Crippen LogP contribution in [-0.2, 0) is 4.74 Å². The average Bonchev–Trinajstić information content (AvgIpc) is 3.37. The summed E-state index contributed by atoms with van der Waals surface area (Å²) in [6.45, 7) is 2.58. The van der Waals surface area contributed by atoms with Crippen molar-refractivity contribution in [3.8, 4) is 34.0 Å². The fourth-order valence-corrected chi connectivity index (χ4v) is 4.67. The van der Waals surface area contributed by atoms with E-state index >= 15 is 0 Å². The van der Waals surface area contributed by atoms with E-state index in [1.54, 1.807) is 18.2 Å². The second-order valence-electron chi connectivity index (χ2n) is 8.74. The molecule has 194 valence electrons. The number of aromatic nitrogens is 1. The van der Waals surface area contributed by atoms with Crippen molar-refractivity contribution < 1.29 is 14.3 Å². The second-order valence-corrected chi connectivity index (χ2v) is 9.15. The summed E-state index contributed by atoms with van der Waals surface area (Å²) < 4.78 is 12.8. The van der Waals surface area contributed by atoms with Gasteiger partial charge in [0.1, 0.15) is 5.75 Å². The van der Waals surface area contributed by atoms with Crippen molar-refractivity contribution in [1.29, 1.82) is 0 Å². The highest BCUT2D eigenvalue weighted by atomic mass is 35.5. The van der Waals surface area contributed by atoms with Crippen LogP contribution in [0.2, 0.25) is 5.02 Å². The summed E-state index contributed by atoms with van der Waals surface area (Å²) in [6, 6.07) is 35.8. The molecule has 1 aromatic heterocycles. The first-order valence-corrected chi connectivity index (χ1v) is 13.0. The number of carbonyl (C=O) groups is 1. The summed E-state index contributed by atoms with van der Waals surface area (Å²) in [6.07, 6.45) is 1.82. The quantitative estimate of drug-likeness (QED) is 0.148. The van der Waals surface area contributed by atoms with E-state index in [4.69, 9.17) is 26.1 Å². The molecule has 0 saturated heterocycles. The van der Waals surface area contributed by atoms with Gasteiger partial charge in [-0.05, 0) is 66.6 Å². The van der Waals surface area contributed by atoms with Crippen LogP contribution in [0.4, 0.5) is 5.69 Å². The van der Waals surface area contributed by atoms with Crippen LogP contribution in [0, 0.1) is 0 Å². The molecule has 0 aliphatic rings. The zero-order valence-electron chi connectivity index (χ0n) is 21.7. The topological polar surface area (TPSA) is 52.8 Å². The van der Waals surface area contributed by atoms with Crippen molar-refractivity contribution in [2.75, 3.05) is 13.7 Å². The lowest BCUT2D eigenvalue weighted by Gasteiger charge is -2.15. The molecule has 0 bridgehead atoms. The summed E-state index contributed by atoms with van der Waals surface area (Å²) in [5.74, 6) is 0.317. The molecular weight excluding hydrogens is 508 g/mol. The van der Waals surface area contributed by atoms with Gasteiger partial charge >= 0.3 is 5.97 Å². The predicted octanol–water partition coefficient (Wildman–Crippen LogP) is 8.40. The third kappa shape index (κ3) is 5.64. The molecule has 0 aliphatic heterocycles. The van der Waals surface area contributed by atoms with Crippen molar-refractivity contribution in [1.82, 2.24) is 4.57 Å². The van der Waals surface area contributed by atoms with Crippen LogP contribution in [0.3, 0.4) is 0 Å². The van der Waals surface area contributed by atoms with Crippen molar-refractivity contribution in [2.45, 2.75) is 6.92 Å². The Morgan fingerprint density at radius 1 is 0.872 bits per heavy atom. The van der Waals surface area contributed by atoms with Gasteiger partial charge in [0.05, 0.1) is 41.4 Å². The van der Waals surface area contributed by atoms with E-state index in [0.717, 1.165) is 39.5 Å². The Balaban J connectivity index is 1.71. The van der Waals surface area contributed by atoms with Crippen LogP contribution in [0.1, 0.15) is 22.8 Å². The summed E-state index contributed by atoms with van der Waals surface area (Å²) >= 11 is 6.22. The van der Waals surface area contributed by atoms with Crippen molar-refractivity contribution in [3.05, 3.63) is 125 Å². The molecule has 6 heteroatoms. The number of esters is 1. The van der Waals surface area contributed by atoms with Gasteiger partial charge in [0.2, 0.25) is 0 Å². The smallest absolute Gasteiger partial charge is 0.339 e. The lowest BCUT2D eigenvalue weighted by molar-refractivity contribution is 0.0601. The molecule has 1 heterocycles. The molecule has 0 aliphatic carbocycles.